The van der Waals surface area contributed by atoms with Crippen LogP contribution in [-0.4, -0.2) is 20.0 Å². The van der Waals surface area contributed by atoms with Gasteiger partial charge in [-0.2, -0.15) is 10.2 Å². The monoisotopic (exact) mass is 265 g/mol. The third kappa shape index (κ3) is 2.61. The summed E-state index contributed by atoms with van der Waals surface area (Å²) in [6.07, 6.45) is 7.19. The Morgan fingerprint density at radius 1 is 1.35 bits per heavy atom. The number of H-pyrrole nitrogens is 1. The maximum Gasteiger partial charge on any atom is 0.0650 e. The highest BCUT2D eigenvalue weighted by atomic mass is 15.2. The van der Waals surface area contributed by atoms with Crippen LogP contribution < -0.4 is 5.32 Å². The van der Waals surface area contributed by atoms with Gasteiger partial charge in [0.15, 0.2) is 0 Å². The van der Waals surface area contributed by atoms with Gasteiger partial charge in [0.2, 0.25) is 0 Å². The lowest BCUT2D eigenvalue weighted by molar-refractivity contribution is 0.936. The standard InChI is InChI=1S/C15H15N5/c1-2-20-11-12(10-18-20)9-16-14-5-3-4-13(8-14)15-6-7-17-19-15/h2-8,10-11,16H,1,9H2,(H,17,19). The fourth-order valence-electron chi connectivity index (χ4n) is 1.99. The van der Waals surface area contributed by atoms with Crippen LogP contribution in [0.25, 0.3) is 17.5 Å². The number of aromatic nitrogens is 4. The highest BCUT2D eigenvalue weighted by Crippen LogP contribution is 2.20. The Bertz CT molecular complexity index is 697. The van der Waals surface area contributed by atoms with Gasteiger partial charge in [-0.1, -0.05) is 18.7 Å². The van der Waals surface area contributed by atoms with Crippen LogP contribution in [0.5, 0.6) is 0 Å². The van der Waals surface area contributed by atoms with Crippen LogP contribution >= 0.6 is 0 Å². The van der Waals surface area contributed by atoms with Gasteiger partial charge >= 0.3 is 0 Å². The molecule has 2 heterocycles. The number of nitrogens with zero attached hydrogens (tertiary/aromatic N) is 3. The molecule has 5 heteroatoms. The van der Waals surface area contributed by atoms with Crippen LogP contribution in [0.4, 0.5) is 5.69 Å². The summed E-state index contributed by atoms with van der Waals surface area (Å²) in [6, 6.07) is 10.1. The molecule has 0 bridgehead atoms. The van der Waals surface area contributed by atoms with E-state index in [1.807, 2.05) is 30.6 Å². The summed E-state index contributed by atoms with van der Waals surface area (Å²) < 4.78 is 1.69. The summed E-state index contributed by atoms with van der Waals surface area (Å²) in [5.41, 5.74) is 4.28. The summed E-state index contributed by atoms with van der Waals surface area (Å²) in [7, 11) is 0. The third-order valence-electron chi connectivity index (χ3n) is 3.01. The number of rotatable bonds is 5. The van der Waals surface area contributed by atoms with Gasteiger partial charge in [0.25, 0.3) is 0 Å². The lowest BCUT2D eigenvalue weighted by Gasteiger charge is -2.06. The second-order valence-electron chi connectivity index (χ2n) is 4.42. The van der Waals surface area contributed by atoms with Crippen molar-refractivity contribution in [2.75, 3.05) is 5.32 Å². The summed E-state index contributed by atoms with van der Waals surface area (Å²) >= 11 is 0. The van der Waals surface area contributed by atoms with Crippen LogP contribution in [0.2, 0.25) is 0 Å². The molecule has 1 aromatic carbocycles. The molecule has 0 saturated heterocycles. The first kappa shape index (κ1) is 12.2. The van der Waals surface area contributed by atoms with Gasteiger partial charge in [0.05, 0.1) is 11.9 Å². The maximum atomic E-state index is 4.15. The quantitative estimate of drug-likeness (QED) is 0.745. The van der Waals surface area contributed by atoms with Crippen molar-refractivity contribution in [1.82, 2.24) is 20.0 Å². The van der Waals surface area contributed by atoms with Crippen molar-refractivity contribution in [1.29, 1.82) is 0 Å². The Balaban J connectivity index is 1.71. The molecule has 100 valence electrons. The molecule has 0 fully saturated rings. The van der Waals surface area contributed by atoms with E-state index in [0.29, 0.717) is 0 Å². The fraction of sp³-hybridized carbons (Fsp3) is 0.0667. The molecule has 0 saturated carbocycles. The van der Waals surface area contributed by atoms with Gasteiger partial charge in [0, 0.05) is 42.0 Å². The Hall–Kier alpha value is -2.82. The summed E-state index contributed by atoms with van der Waals surface area (Å²) in [5.74, 6) is 0. The second-order valence-corrected chi connectivity index (χ2v) is 4.42. The lowest BCUT2D eigenvalue weighted by Crippen LogP contribution is -1.98. The van der Waals surface area contributed by atoms with Crippen molar-refractivity contribution in [3.8, 4) is 11.3 Å². The molecule has 0 spiro atoms. The summed E-state index contributed by atoms with van der Waals surface area (Å²) in [5, 5.41) is 14.5. The molecule has 3 rings (SSSR count). The Labute approximate surface area is 117 Å². The van der Waals surface area contributed by atoms with Crippen LogP contribution in [0.3, 0.4) is 0 Å². The third-order valence-corrected chi connectivity index (χ3v) is 3.01. The average Bonchev–Trinajstić information content (AvgIpc) is 3.17. The minimum absolute atomic E-state index is 0.722. The Morgan fingerprint density at radius 3 is 3.05 bits per heavy atom. The molecular formula is C15H15N5. The SMILES string of the molecule is C=Cn1cc(CNc2cccc(-c3ccn[nH]3)c2)cn1. The largest absolute Gasteiger partial charge is 0.381 e. The molecule has 2 N–H and O–H groups in total. The average molecular weight is 265 g/mol. The second kappa shape index (κ2) is 5.44. The Kier molecular flexibility index (Phi) is 3.33. The normalized spacial score (nSPS) is 10.4. The van der Waals surface area contributed by atoms with Crippen molar-refractivity contribution < 1.29 is 0 Å². The molecule has 20 heavy (non-hydrogen) atoms. The topological polar surface area (TPSA) is 58.5 Å². The van der Waals surface area contributed by atoms with E-state index in [1.165, 1.54) is 0 Å². The van der Waals surface area contributed by atoms with Crippen molar-refractivity contribution in [2.45, 2.75) is 6.54 Å². The highest BCUT2D eigenvalue weighted by Gasteiger charge is 2.01. The highest BCUT2D eigenvalue weighted by molar-refractivity contribution is 5.64. The molecule has 0 unspecified atom stereocenters. The van der Waals surface area contributed by atoms with Crippen molar-refractivity contribution >= 4 is 11.9 Å². The maximum absolute atomic E-state index is 4.15. The van der Waals surface area contributed by atoms with Crippen LogP contribution in [0.1, 0.15) is 5.56 Å². The molecule has 0 aliphatic rings. The van der Waals surface area contributed by atoms with E-state index < -0.39 is 0 Å². The van der Waals surface area contributed by atoms with Gasteiger partial charge in [-0.15, -0.1) is 0 Å². The molecule has 2 aromatic heterocycles. The van der Waals surface area contributed by atoms with Gasteiger partial charge in [0.1, 0.15) is 0 Å². The number of hydrogen-bond acceptors (Lipinski definition) is 3. The lowest BCUT2D eigenvalue weighted by atomic mass is 10.1. The molecule has 0 aliphatic heterocycles. The molecule has 0 atom stereocenters. The van der Waals surface area contributed by atoms with Gasteiger partial charge in [-0.05, 0) is 18.2 Å². The van der Waals surface area contributed by atoms with E-state index in [2.05, 4.69) is 39.3 Å². The van der Waals surface area contributed by atoms with Gasteiger partial charge < -0.3 is 5.32 Å². The zero-order valence-corrected chi connectivity index (χ0v) is 11.0. The molecule has 5 nitrogen and oxygen atoms in total. The van der Waals surface area contributed by atoms with Crippen molar-refractivity contribution in [2.24, 2.45) is 0 Å². The first-order valence-corrected chi connectivity index (χ1v) is 6.34. The number of benzene rings is 1. The first-order chi connectivity index (χ1) is 9.85. The van der Waals surface area contributed by atoms with Crippen LogP contribution in [0, 0.1) is 0 Å². The predicted octanol–water partition coefficient (Wildman–Crippen LogP) is 2.99. The van der Waals surface area contributed by atoms with Gasteiger partial charge in [-0.3, -0.25) is 5.10 Å². The van der Waals surface area contributed by atoms with Crippen LogP contribution in [-0.2, 0) is 6.54 Å². The van der Waals surface area contributed by atoms with Gasteiger partial charge in [-0.25, -0.2) is 4.68 Å². The number of aromatic amines is 1. The zero-order chi connectivity index (χ0) is 13.8. The minimum Gasteiger partial charge on any atom is -0.381 e. The van der Waals surface area contributed by atoms with Crippen molar-refractivity contribution in [3.63, 3.8) is 0 Å². The summed E-state index contributed by atoms with van der Waals surface area (Å²) in [6.45, 7) is 4.40. The van der Waals surface area contributed by atoms with Crippen LogP contribution in [0.15, 0.2) is 55.5 Å². The predicted molar refractivity (Wildman–Crippen MR) is 80.0 cm³/mol. The fourth-order valence-corrected chi connectivity index (χ4v) is 1.99. The van der Waals surface area contributed by atoms with E-state index in [1.54, 1.807) is 17.1 Å². The number of hydrogen-bond donors (Lipinski definition) is 2. The smallest absolute Gasteiger partial charge is 0.0650 e. The number of nitrogens with one attached hydrogen (secondary N) is 2. The Morgan fingerprint density at radius 2 is 2.30 bits per heavy atom. The molecule has 0 amide bonds. The molecule has 0 aliphatic carbocycles. The number of anilines is 1. The van der Waals surface area contributed by atoms with E-state index >= 15 is 0 Å². The van der Waals surface area contributed by atoms with E-state index in [9.17, 15) is 0 Å². The first-order valence-electron chi connectivity index (χ1n) is 6.34. The molecule has 3 aromatic rings. The molecule has 0 radical (unpaired) electrons. The molecular weight excluding hydrogens is 250 g/mol. The van der Waals surface area contributed by atoms with E-state index in [-0.39, 0.29) is 0 Å². The zero-order valence-electron chi connectivity index (χ0n) is 11.0. The minimum atomic E-state index is 0.722. The van der Waals surface area contributed by atoms with E-state index in [0.717, 1.165) is 29.1 Å². The van der Waals surface area contributed by atoms with E-state index in [4.69, 9.17) is 0 Å². The summed E-state index contributed by atoms with van der Waals surface area (Å²) in [4.78, 5) is 0. The van der Waals surface area contributed by atoms with Crippen molar-refractivity contribution in [3.05, 3.63) is 61.1 Å².